The van der Waals surface area contributed by atoms with Crippen LogP contribution in [-0.2, 0) is 9.59 Å². The summed E-state index contributed by atoms with van der Waals surface area (Å²) in [4.78, 5) is 25.7. The van der Waals surface area contributed by atoms with Crippen molar-refractivity contribution >= 4 is 11.9 Å². The van der Waals surface area contributed by atoms with Crippen molar-refractivity contribution in [3.63, 3.8) is 0 Å². The number of carbonyl (C=O) groups excluding carboxylic acids is 1. The molecule has 0 aromatic heterocycles. The van der Waals surface area contributed by atoms with Crippen molar-refractivity contribution in [2.75, 3.05) is 13.1 Å². The molecule has 4 heteroatoms. The van der Waals surface area contributed by atoms with E-state index in [4.69, 9.17) is 0 Å². The molecule has 0 radical (unpaired) electrons. The summed E-state index contributed by atoms with van der Waals surface area (Å²) >= 11 is 0. The third-order valence-corrected chi connectivity index (χ3v) is 4.96. The fourth-order valence-corrected chi connectivity index (χ4v) is 3.16. The zero-order chi connectivity index (χ0) is 15.2. The summed E-state index contributed by atoms with van der Waals surface area (Å²) in [5, 5.41) is 9.41. The van der Waals surface area contributed by atoms with E-state index in [9.17, 15) is 14.7 Å². The Morgan fingerprint density at radius 1 is 1.15 bits per heavy atom. The summed E-state index contributed by atoms with van der Waals surface area (Å²) < 4.78 is 0. The van der Waals surface area contributed by atoms with Gasteiger partial charge in [-0.2, -0.15) is 0 Å². The predicted molar refractivity (Wildman–Crippen MR) is 79.5 cm³/mol. The lowest BCUT2D eigenvalue weighted by molar-refractivity contribution is -0.154. The van der Waals surface area contributed by atoms with Gasteiger partial charge >= 0.3 is 5.97 Å². The lowest BCUT2D eigenvalue weighted by Gasteiger charge is -2.35. The van der Waals surface area contributed by atoms with Crippen LogP contribution in [0.3, 0.4) is 0 Å². The molecule has 1 amide bonds. The fraction of sp³-hybridized carbons (Fsp3) is 0.875. The number of likely N-dealkylation sites (tertiary alicyclic amines) is 1. The second kappa shape index (κ2) is 7.65. The maximum Gasteiger partial charge on any atom is 0.310 e. The lowest BCUT2D eigenvalue weighted by atomic mass is 9.78. The van der Waals surface area contributed by atoms with Crippen molar-refractivity contribution in [1.82, 2.24) is 4.90 Å². The average molecular weight is 283 g/mol. The van der Waals surface area contributed by atoms with Gasteiger partial charge in [-0.1, -0.05) is 33.6 Å². The molecule has 0 aromatic rings. The van der Waals surface area contributed by atoms with Crippen LogP contribution in [0.25, 0.3) is 0 Å². The number of carboxylic acids is 1. The molecule has 0 spiro atoms. The lowest BCUT2D eigenvalue weighted by Crippen LogP contribution is -2.43. The molecule has 0 aliphatic carbocycles. The highest BCUT2D eigenvalue weighted by molar-refractivity contribution is 5.85. The molecule has 1 saturated heterocycles. The van der Waals surface area contributed by atoms with Crippen LogP contribution in [0.2, 0.25) is 0 Å². The first-order chi connectivity index (χ1) is 9.49. The van der Waals surface area contributed by atoms with Crippen molar-refractivity contribution in [3.8, 4) is 0 Å². The van der Waals surface area contributed by atoms with Crippen molar-refractivity contribution in [2.24, 2.45) is 11.3 Å². The van der Waals surface area contributed by atoms with E-state index in [1.807, 2.05) is 18.7 Å². The Bertz CT molecular complexity index is 329. The molecular weight excluding hydrogens is 254 g/mol. The van der Waals surface area contributed by atoms with Crippen molar-refractivity contribution < 1.29 is 14.7 Å². The van der Waals surface area contributed by atoms with Crippen molar-refractivity contribution in [2.45, 2.75) is 65.7 Å². The van der Waals surface area contributed by atoms with Gasteiger partial charge in [-0.25, -0.2) is 0 Å². The van der Waals surface area contributed by atoms with Gasteiger partial charge in [0.25, 0.3) is 0 Å². The fourth-order valence-electron chi connectivity index (χ4n) is 3.16. The Morgan fingerprint density at radius 2 is 1.70 bits per heavy atom. The predicted octanol–water partition coefficient (Wildman–Crippen LogP) is 3.31. The molecular formula is C16H29NO3. The molecule has 0 saturated carbocycles. The molecule has 4 nitrogen and oxygen atoms in total. The van der Waals surface area contributed by atoms with Gasteiger partial charge in [0.1, 0.15) is 0 Å². The number of piperidine rings is 1. The molecule has 1 aliphatic heterocycles. The summed E-state index contributed by atoms with van der Waals surface area (Å²) in [6, 6.07) is 0. The Hall–Kier alpha value is -1.06. The van der Waals surface area contributed by atoms with Crippen LogP contribution in [-0.4, -0.2) is 35.0 Å². The number of carbonyl (C=O) groups is 2. The van der Waals surface area contributed by atoms with Crippen LogP contribution in [0.1, 0.15) is 65.7 Å². The van der Waals surface area contributed by atoms with Gasteiger partial charge in [-0.3, -0.25) is 9.59 Å². The van der Waals surface area contributed by atoms with Crippen LogP contribution < -0.4 is 0 Å². The Kier molecular flexibility index (Phi) is 6.50. The summed E-state index contributed by atoms with van der Waals surface area (Å²) in [6.07, 6.45) is 5.74. The Morgan fingerprint density at radius 3 is 2.10 bits per heavy atom. The van der Waals surface area contributed by atoms with E-state index in [1.54, 1.807) is 0 Å². The molecule has 1 rings (SSSR count). The highest BCUT2D eigenvalue weighted by Crippen LogP contribution is 2.32. The molecule has 0 bridgehead atoms. The van der Waals surface area contributed by atoms with Crippen LogP contribution >= 0.6 is 0 Å². The van der Waals surface area contributed by atoms with E-state index in [1.165, 1.54) is 12.8 Å². The van der Waals surface area contributed by atoms with E-state index in [-0.39, 0.29) is 12.3 Å². The van der Waals surface area contributed by atoms with Crippen LogP contribution in [0, 0.1) is 11.3 Å². The van der Waals surface area contributed by atoms with Gasteiger partial charge in [-0.05, 0) is 31.6 Å². The Balaban J connectivity index is 2.57. The van der Waals surface area contributed by atoms with E-state index in [0.717, 1.165) is 31.8 Å². The molecule has 0 aromatic carbocycles. The van der Waals surface area contributed by atoms with Gasteiger partial charge in [0.15, 0.2) is 0 Å². The zero-order valence-corrected chi connectivity index (χ0v) is 13.2. The van der Waals surface area contributed by atoms with Gasteiger partial charge in [0.05, 0.1) is 5.41 Å². The molecule has 1 fully saturated rings. The molecule has 1 heterocycles. The smallest absolute Gasteiger partial charge is 0.310 e. The van der Waals surface area contributed by atoms with E-state index >= 15 is 0 Å². The van der Waals surface area contributed by atoms with Crippen molar-refractivity contribution in [3.05, 3.63) is 0 Å². The second-order valence-electron chi connectivity index (χ2n) is 6.08. The van der Waals surface area contributed by atoms with Crippen LogP contribution in [0.4, 0.5) is 0 Å². The molecule has 0 unspecified atom stereocenters. The van der Waals surface area contributed by atoms with E-state index in [0.29, 0.717) is 12.8 Å². The molecule has 20 heavy (non-hydrogen) atoms. The van der Waals surface area contributed by atoms with Gasteiger partial charge in [0, 0.05) is 19.5 Å². The number of hydrogen-bond acceptors (Lipinski definition) is 2. The first kappa shape index (κ1) is 17.0. The van der Waals surface area contributed by atoms with Gasteiger partial charge in [-0.15, -0.1) is 0 Å². The van der Waals surface area contributed by atoms with Gasteiger partial charge in [0.2, 0.25) is 5.91 Å². The number of nitrogens with zero attached hydrogens (tertiary/aromatic N) is 1. The van der Waals surface area contributed by atoms with E-state index in [2.05, 4.69) is 6.92 Å². The zero-order valence-electron chi connectivity index (χ0n) is 13.2. The minimum absolute atomic E-state index is 0.0195. The SMILES string of the molecule is CCCC1CCN(C(=O)CC(CC)(CC)C(=O)O)CC1. The monoisotopic (exact) mass is 283 g/mol. The minimum atomic E-state index is -0.878. The second-order valence-corrected chi connectivity index (χ2v) is 6.08. The minimum Gasteiger partial charge on any atom is -0.481 e. The molecule has 1 N–H and O–H groups in total. The third kappa shape index (κ3) is 3.97. The topological polar surface area (TPSA) is 57.6 Å². The number of carboxylic acid groups (broad SMARTS) is 1. The number of amides is 1. The van der Waals surface area contributed by atoms with Gasteiger partial charge < -0.3 is 10.0 Å². The molecule has 116 valence electrons. The maximum absolute atomic E-state index is 12.4. The first-order valence-electron chi connectivity index (χ1n) is 8.00. The third-order valence-electron chi connectivity index (χ3n) is 4.96. The highest BCUT2D eigenvalue weighted by atomic mass is 16.4. The van der Waals surface area contributed by atoms with E-state index < -0.39 is 11.4 Å². The number of aliphatic carboxylic acids is 1. The quantitative estimate of drug-likeness (QED) is 0.780. The summed E-state index contributed by atoms with van der Waals surface area (Å²) in [7, 11) is 0. The van der Waals surface area contributed by atoms with Crippen LogP contribution in [0.15, 0.2) is 0 Å². The summed E-state index contributed by atoms with van der Waals surface area (Å²) in [5.41, 5.74) is -0.878. The number of rotatable bonds is 7. The summed E-state index contributed by atoms with van der Waals surface area (Å²) in [6.45, 7) is 7.51. The van der Waals surface area contributed by atoms with Crippen LogP contribution in [0.5, 0.6) is 0 Å². The normalized spacial score (nSPS) is 17.2. The summed E-state index contributed by atoms with van der Waals surface area (Å²) in [5.74, 6) is -0.0756. The number of hydrogen-bond donors (Lipinski definition) is 1. The highest BCUT2D eigenvalue weighted by Gasteiger charge is 2.38. The Labute approximate surface area is 122 Å². The largest absolute Gasteiger partial charge is 0.481 e. The molecule has 0 atom stereocenters. The molecule has 1 aliphatic rings. The average Bonchev–Trinajstić information content (AvgIpc) is 2.45. The maximum atomic E-state index is 12.4. The first-order valence-corrected chi connectivity index (χ1v) is 8.00. The standard InChI is InChI=1S/C16H29NO3/c1-4-7-13-8-10-17(11-9-13)14(18)12-16(5-2,6-3)15(19)20/h13H,4-12H2,1-3H3,(H,19,20). The van der Waals surface area contributed by atoms with Crippen molar-refractivity contribution in [1.29, 1.82) is 0 Å².